The molecule has 3 heteroatoms. The van der Waals surface area contributed by atoms with Gasteiger partial charge in [0.05, 0.1) is 6.54 Å². The lowest BCUT2D eigenvalue weighted by Gasteiger charge is -2.02. The van der Waals surface area contributed by atoms with Crippen molar-refractivity contribution in [2.24, 2.45) is 0 Å². The van der Waals surface area contributed by atoms with Crippen LogP contribution < -0.4 is 10.6 Å². The van der Waals surface area contributed by atoms with E-state index in [0.29, 0.717) is 13.1 Å². The number of carbonyl (C=O) groups excluding carboxylic acids is 1. The predicted molar refractivity (Wildman–Crippen MR) is 46.4 cm³/mol. The number of carbonyl (C=O) groups is 1. The van der Waals surface area contributed by atoms with Crippen LogP contribution in [-0.2, 0) is 4.79 Å². The van der Waals surface area contributed by atoms with Crippen LogP contribution in [0.4, 0.5) is 0 Å². The summed E-state index contributed by atoms with van der Waals surface area (Å²) in [6.45, 7) is 7.45. The second kappa shape index (κ2) is 7.28. The van der Waals surface area contributed by atoms with Crippen LogP contribution in [0.15, 0.2) is 12.7 Å². The lowest BCUT2D eigenvalue weighted by Crippen LogP contribution is -2.34. The fourth-order valence-corrected chi connectivity index (χ4v) is 0.615. The molecule has 2 N–H and O–H groups in total. The van der Waals surface area contributed by atoms with Crippen molar-refractivity contribution in [3.63, 3.8) is 0 Å². The number of likely N-dealkylation sites (N-methyl/N-ethyl adjacent to an activating group) is 1. The number of hydrogen-bond donors (Lipinski definition) is 2. The highest BCUT2D eigenvalue weighted by molar-refractivity contribution is 5.77. The molecule has 0 saturated carbocycles. The molecule has 0 bridgehead atoms. The molecule has 0 aliphatic rings. The highest BCUT2D eigenvalue weighted by Gasteiger charge is 1.95. The summed E-state index contributed by atoms with van der Waals surface area (Å²) in [5.74, 6) is 0.0497. The summed E-state index contributed by atoms with van der Waals surface area (Å²) in [5, 5.41) is 5.68. The Morgan fingerprint density at radius 2 is 2.36 bits per heavy atom. The van der Waals surface area contributed by atoms with Crippen LogP contribution in [0, 0.1) is 0 Å². The summed E-state index contributed by atoms with van der Waals surface area (Å²) < 4.78 is 0. The Balaban J connectivity index is 3.15. The van der Waals surface area contributed by atoms with Crippen molar-refractivity contribution in [1.82, 2.24) is 10.6 Å². The SMILES string of the molecule is C=CCCNC(=O)CNCC. The molecule has 0 heterocycles. The first-order valence-corrected chi connectivity index (χ1v) is 3.89. The molecule has 0 rings (SSSR count). The van der Waals surface area contributed by atoms with Crippen LogP contribution in [0.2, 0.25) is 0 Å². The highest BCUT2D eigenvalue weighted by atomic mass is 16.1. The minimum Gasteiger partial charge on any atom is -0.355 e. The zero-order chi connectivity index (χ0) is 8.53. The maximum Gasteiger partial charge on any atom is 0.233 e. The Bertz CT molecular complexity index is 123. The van der Waals surface area contributed by atoms with E-state index < -0.39 is 0 Å². The van der Waals surface area contributed by atoms with E-state index in [9.17, 15) is 4.79 Å². The van der Waals surface area contributed by atoms with Gasteiger partial charge in [-0.15, -0.1) is 6.58 Å². The maximum absolute atomic E-state index is 10.9. The first-order valence-electron chi connectivity index (χ1n) is 3.89. The van der Waals surface area contributed by atoms with Crippen molar-refractivity contribution in [3.8, 4) is 0 Å². The smallest absolute Gasteiger partial charge is 0.233 e. The van der Waals surface area contributed by atoms with Gasteiger partial charge in [-0.2, -0.15) is 0 Å². The van der Waals surface area contributed by atoms with Crippen molar-refractivity contribution in [2.45, 2.75) is 13.3 Å². The normalized spacial score (nSPS) is 9.18. The third-order valence-corrected chi connectivity index (χ3v) is 1.21. The first-order chi connectivity index (χ1) is 5.31. The number of rotatable bonds is 6. The van der Waals surface area contributed by atoms with Crippen LogP contribution in [0.1, 0.15) is 13.3 Å². The summed E-state index contributed by atoms with van der Waals surface area (Å²) in [5.41, 5.74) is 0. The fourth-order valence-electron chi connectivity index (χ4n) is 0.615. The van der Waals surface area contributed by atoms with Crippen LogP contribution >= 0.6 is 0 Å². The molecule has 0 radical (unpaired) electrons. The van der Waals surface area contributed by atoms with E-state index in [1.54, 1.807) is 6.08 Å². The Kier molecular flexibility index (Phi) is 6.73. The Morgan fingerprint density at radius 3 is 2.91 bits per heavy atom. The molecule has 0 aromatic heterocycles. The van der Waals surface area contributed by atoms with Crippen molar-refractivity contribution in [1.29, 1.82) is 0 Å². The standard InChI is InChI=1S/C8H16N2O/c1-3-5-6-10-8(11)7-9-4-2/h3,9H,1,4-7H2,2H3,(H,10,11). The molecule has 3 nitrogen and oxygen atoms in total. The molecule has 1 amide bonds. The molecule has 0 aromatic rings. The average molecular weight is 156 g/mol. The van der Waals surface area contributed by atoms with E-state index >= 15 is 0 Å². The van der Waals surface area contributed by atoms with E-state index in [1.807, 2.05) is 6.92 Å². The molecular weight excluding hydrogens is 140 g/mol. The van der Waals surface area contributed by atoms with Crippen molar-refractivity contribution >= 4 is 5.91 Å². The summed E-state index contributed by atoms with van der Waals surface area (Å²) in [7, 11) is 0. The third kappa shape index (κ3) is 7.06. The van der Waals surface area contributed by atoms with Crippen LogP contribution in [0.5, 0.6) is 0 Å². The minimum absolute atomic E-state index is 0.0497. The monoisotopic (exact) mass is 156 g/mol. The molecule has 0 fully saturated rings. The van der Waals surface area contributed by atoms with Crippen LogP contribution in [0.3, 0.4) is 0 Å². The van der Waals surface area contributed by atoms with Gasteiger partial charge in [0.1, 0.15) is 0 Å². The Hall–Kier alpha value is -0.830. The summed E-state index contributed by atoms with van der Waals surface area (Å²) in [6.07, 6.45) is 2.62. The van der Waals surface area contributed by atoms with E-state index in [4.69, 9.17) is 0 Å². The van der Waals surface area contributed by atoms with Gasteiger partial charge in [0, 0.05) is 6.54 Å². The van der Waals surface area contributed by atoms with E-state index in [2.05, 4.69) is 17.2 Å². The number of hydrogen-bond acceptors (Lipinski definition) is 2. The number of nitrogens with one attached hydrogen (secondary N) is 2. The molecule has 0 saturated heterocycles. The molecule has 11 heavy (non-hydrogen) atoms. The van der Waals surface area contributed by atoms with Gasteiger partial charge in [0.2, 0.25) is 5.91 Å². The first kappa shape index (κ1) is 10.2. The third-order valence-electron chi connectivity index (χ3n) is 1.21. The van der Waals surface area contributed by atoms with Gasteiger partial charge in [-0.1, -0.05) is 13.0 Å². The van der Waals surface area contributed by atoms with E-state index in [-0.39, 0.29) is 5.91 Å². The molecule has 0 spiro atoms. The summed E-state index contributed by atoms with van der Waals surface area (Å²) >= 11 is 0. The topological polar surface area (TPSA) is 41.1 Å². The average Bonchev–Trinajstić information content (AvgIpc) is 2.01. The second-order valence-corrected chi connectivity index (χ2v) is 2.21. The van der Waals surface area contributed by atoms with Crippen molar-refractivity contribution in [3.05, 3.63) is 12.7 Å². The quantitative estimate of drug-likeness (QED) is 0.428. The zero-order valence-electron chi connectivity index (χ0n) is 7.02. The zero-order valence-corrected chi connectivity index (χ0v) is 7.02. The fraction of sp³-hybridized carbons (Fsp3) is 0.625. The minimum atomic E-state index is 0.0497. The van der Waals surface area contributed by atoms with Gasteiger partial charge in [-0.05, 0) is 13.0 Å². The largest absolute Gasteiger partial charge is 0.355 e. The predicted octanol–water partition coefficient (Wildman–Crippen LogP) is 0.288. The molecule has 0 unspecified atom stereocenters. The van der Waals surface area contributed by atoms with Gasteiger partial charge in [-0.3, -0.25) is 4.79 Å². The van der Waals surface area contributed by atoms with Gasteiger partial charge in [0.15, 0.2) is 0 Å². The lowest BCUT2D eigenvalue weighted by molar-refractivity contribution is -0.120. The maximum atomic E-state index is 10.9. The lowest BCUT2D eigenvalue weighted by atomic mass is 10.4. The molecule has 64 valence electrons. The number of amides is 1. The van der Waals surface area contributed by atoms with Crippen molar-refractivity contribution < 1.29 is 4.79 Å². The summed E-state index contributed by atoms with van der Waals surface area (Å²) in [6, 6.07) is 0. The Labute approximate surface area is 67.9 Å². The highest BCUT2D eigenvalue weighted by Crippen LogP contribution is 1.74. The van der Waals surface area contributed by atoms with Crippen LogP contribution in [0.25, 0.3) is 0 Å². The second-order valence-electron chi connectivity index (χ2n) is 2.21. The van der Waals surface area contributed by atoms with Gasteiger partial charge in [-0.25, -0.2) is 0 Å². The van der Waals surface area contributed by atoms with E-state index in [0.717, 1.165) is 13.0 Å². The Morgan fingerprint density at radius 1 is 1.64 bits per heavy atom. The van der Waals surface area contributed by atoms with Gasteiger partial charge < -0.3 is 10.6 Å². The molecule has 0 aromatic carbocycles. The molecular formula is C8H16N2O. The molecule has 0 aliphatic heterocycles. The summed E-state index contributed by atoms with van der Waals surface area (Å²) in [4.78, 5) is 10.9. The van der Waals surface area contributed by atoms with Gasteiger partial charge in [0.25, 0.3) is 0 Å². The van der Waals surface area contributed by atoms with Crippen molar-refractivity contribution in [2.75, 3.05) is 19.6 Å². The van der Waals surface area contributed by atoms with Gasteiger partial charge >= 0.3 is 0 Å². The molecule has 0 aliphatic carbocycles. The van der Waals surface area contributed by atoms with Crippen LogP contribution in [-0.4, -0.2) is 25.5 Å². The molecule has 0 atom stereocenters. The van der Waals surface area contributed by atoms with E-state index in [1.165, 1.54) is 0 Å².